The molecule has 3 aromatic heterocycles. The molecule has 29 heavy (non-hydrogen) atoms. The molecule has 0 fully saturated rings. The number of hydrogen-bond acceptors (Lipinski definition) is 4. The smallest absolute Gasteiger partial charge is 0.0948 e. The number of benzene rings is 1. The maximum absolute atomic E-state index is 8.93. The van der Waals surface area contributed by atoms with Crippen LogP contribution in [0.3, 0.4) is 0 Å². The summed E-state index contributed by atoms with van der Waals surface area (Å²) in [5, 5.41) is 10.6. The van der Waals surface area contributed by atoms with E-state index in [4.69, 9.17) is 21.8 Å². The number of nitrogens with zero attached hydrogens (tertiary/aromatic N) is 5. The Labute approximate surface area is 174 Å². The van der Waals surface area contributed by atoms with Crippen molar-refractivity contribution in [3.63, 3.8) is 0 Å². The lowest BCUT2D eigenvalue weighted by Gasteiger charge is -2.11. The summed E-state index contributed by atoms with van der Waals surface area (Å²) < 4.78 is 1.94. The van der Waals surface area contributed by atoms with E-state index in [1.807, 2.05) is 42.0 Å². The van der Waals surface area contributed by atoms with Gasteiger partial charge in [0.2, 0.25) is 0 Å². The SMILES string of the molecule is Cn1cncc1-c1cc(/C=C/c2ccncc2)c2cc(CCC#N)c(Cl)cc2n1. The van der Waals surface area contributed by atoms with Gasteiger partial charge in [0.05, 0.1) is 35.5 Å². The average molecular weight is 400 g/mol. The van der Waals surface area contributed by atoms with Gasteiger partial charge in [-0.25, -0.2) is 9.97 Å². The van der Waals surface area contributed by atoms with Crippen molar-refractivity contribution in [2.45, 2.75) is 12.8 Å². The van der Waals surface area contributed by atoms with Crippen LogP contribution in [0.25, 0.3) is 34.4 Å². The fraction of sp³-hybridized carbons (Fsp3) is 0.130. The minimum atomic E-state index is 0.425. The highest BCUT2D eigenvalue weighted by Gasteiger charge is 2.12. The second-order valence-electron chi connectivity index (χ2n) is 6.72. The summed E-state index contributed by atoms with van der Waals surface area (Å²) in [4.78, 5) is 13.1. The number of nitriles is 1. The van der Waals surface area contributed by atoms with Gasteiger partial charge in [0.1, 0.15) is 0 Å². The molecular formula is C23H18ClN5. The van der Waals surface area contributed by atoms with E-state index in [2.05, 4.69) is 28.2 Å². The molecule has 4 aromatic rings. The van der Waals surface area contributed by atoms with Gasteiger partial charge >= 0.3 is 0 Å². The summed E-state index contributed by atoms with van der Waals surface area (Å²) in [5.41, 5.74) is 5.60. The molecule has 5 nitrogen and oxygen atoms in total. The van der Waals surface area contributed by atoms with E-state index in [1.54, 1.807) is 24.9 Å². The third kappa shape index (κ3) is 4.03. The van der Waals surface area contributed by atoms with E-state index in [0.717, 1.165) is 39.0 Å². The number of fused-ring (bicyclic) bond motifs is 1. The standard InChI is InChI=1S/C23H18ClN5/c1-29-15-27-14-23(29)22-12-17(5-4-16-6-9-26-10-7-16)19-11-18(3-2-8-25)20(24)13-21(19)28-22/h4-7,9-15H,2-3H2,1H3/b5-4+. The lowest BCUT2D eigenvalue weighted by molar-refractivity contribution is 0.917. The third-order valence-corrected chi connectivity index (χ3v) is 5.11. The number of rotatable bonds is 5. The monoisotopic (exact) mass is 399 g/mol. The van der Waals surface area contributed by atoms with Crippen LogP contribution < -0.4 is 0 Å². The highest BCUT2D eigenvalue weighted by atomic mass is 35.5. The van der Waals surface area contributed by atoms with Gasteiger partial charge in [0.15, 0.2) is 0 Å². The van der Waals surface area contributed by atoms with E-state index in [9.17, 15) is 0 Å². The Morgan fingerprint density at radius 2 is 1.97 bits per heavy atom. The van der Waals surface area contributed by atoms with Gasteiger partial charge in [-0.15, -0.1) is 0 Å². The minimum absolute atomic E-state index is 0.425. The van der Waals surface area contributed by atoms with Gasteiger partial charge in [-0.05, 0) is 53.4 Å². The average Bonchev–Trinajstić information content (AvgIpc) is 3.17. The Morgan fingerprint density at radius 3 is 2.69 bits per heavy atom. The zero-order valence-corrected chi connectivity index (χ0v) is 16.6. The molecule has 0 unspecified atom stereocenters. The maximum Gasteiger partial charge on any atom is 0.0948 e. The molecule has 0 spiro atoms. The molecule has 0 N–H and O–H groups in total. The molecule has 0 saturated carbocycles. The molecule has 0 radical (unpaired) electrons. The first-order chi connectivity index (χ1) is 14.2. The first kappa shape index (κ1) is 18.9. The lowest BCUT2D eigenvalue weighted by atomic mass is 10.0. The fourth-order valence-electron chi connectivity index (χ4n) is 3.23. The largest absolute Gasteiger partial charge is 0.332 e. The van der Waals surface area contributed by atoms with Crippen molar-refractivity contribution in [1.29, 1.82) is 5.26 Å². The molecule has 3 heterocycles. The van der Waals surface area contributed by atoms with E-state index in [0.29, 0.717) is 17.9 Å². The zero-order chi connectivity index (χ0) is 20.2. The summed E-state index contributed by atoms with van der Waals surface area (Å²) in [6.07, 6.45) is 12.2. The van der Waals surface area contributed by atoms with E-state index < -0.39 is 0 Å². The zero-order valence-electron chi connectivity index (χ0n) is 15.9. The Kier molecular flexibility index (Phi) is 5.37. The summed E-state index contributed by atoms with van der Waals surface area (Å²) in [7, 11) is 1.94. The van der Waals surface area contributed by atoms with Gasteiger partial charge < -0.3 is 4.57 Å². The van der Waals surface area contributed by atoms with E-state index >= 15 is 0 Å². The molecular weight excluding hydrogens is 382 g/mol. The van der Waals surface area contributed by atoms with Crippen LogP contribution in [-0.2, 0) is 13.5 Å². The highest BCUT2D eigenvalue weighted by molar-refractivity contribution is 6.32. The van der Waals surface area contributed by atoms with Crippen molar-refractivity contribution in [2.75, 3.05) is 0 Å². The fourth-order valence-corrected chi connectivity index (χ4v) is 3.49. The van der Waals surface area contributed by atoms with Crippen LogP contribution in [-0.4, -0.2) is 19.5 Å². The molecule has 0 bridgehead atoms. The molecule has 1 aromatic carbocycles. The van der Waals surface area contributed by atoms with Crippen molar-refractivity contribution < 1.29 is 0 Å². The van der Waals surface area contributed by atoms with Crippen molar-refractivity contribution in [1.82, 2.24) is 19.5 Å². The Balaban J connectivity index is 1.89. The molecule has 0 saturated heterocycles. The molecule has 0 atom stereocenters. The van der Waals surface area contributed by atoms with Gasteiger partial charge in [0.25, 0.3) is 0 Å². The lowest BCUT2D eigenvalue weighted by Crippen LogP contribution is -1.96. The van der Waals surface area contributed by atoms with Crippen LogP contribution in [0.1, 0.15) is 23.1 Å². The summed E-state index contributed by atoms with van der Waals surface area (Å²) in [6, 6.07) is 12.1. The first-order valence-electron chi connectivity index (χ1n) is 9.20. The molecule has 6 heteroatoms. The molecule has 0 amide bonds. The van der Waals surface area contributed by atoms with Crippen LogP contribution in [0.2, 0.25) is 5.02 Å². The molecule has 142 valence electrons. The van der Waals surface area contributed by atoms with Gasteiger partial charge in [-0.3, -0.25) is 4.98 Å². The number of imidazole rings is 1. The predicted molar refractivity (Wildman–Crippen MR) is 116 cm³/mol. The number of aromatic nitrogens is 4. The third-order valence-electron chi connectivity index (χ3n) is 4.76. The first-order valence-corrected chi connectivity index (χ1v) is 9.58. The molecule has 0 aliphatic heterocycles. The Morgan fingerprint density at radius 1 is 1.14 bits per heavy atom. The predicted octanol–water partition coefficient (Wildman–Crippen LogP) is 5.31. The van der Waals surface area contributed by atoms with Crippen molar-refractivity contribution in [3.8, 4) is 17.5 Å². The molecule has 0 aliphatic carbocycles. The van der Waals surface area contributed by atoms with Gasteiger partial charge in [0, 0.05) is 36.3 Å². The number of pyridine rings is 2. The van der Waals surface area contributed by atoms with Crippen molar-refractivity contribution in [3.05, 3.63) is 77.0 Å². The van der Waals surface area contributed by atoms with Crippen LogP contribution in [0.4, 0.5) is 0 Å². The van der Waals surface area contributed by atoms with Crippen LogP contribution in [0.5, 0.6) is 0 Å². The highest BCUT2D eigenvalue weighted by Crippen LogP contribution is 2.30. The molecule has 0 aliphatic rings. The van der Waals surface area contributed by atoms with Crippen molar-refractivity contribution in [2.24, 2.45) is 7.05 Å². The number of aryl methyl sites for hydroxylation is 2. The minimum Gasteiger partial charge on any atom is -0.332 e. The van der Waals surface area contributed by atoms with Crippen LogP contribution in [0, 0.1) is 11.3 Å². The van der Waals surface area contributed by atoms with E-state index in [1.165, 1.54) is 0 Å². The Bertz CT molecular complexity index is 1240. The summed E-state index contributed by atoms with van der Waals surface area (Å²) in [6.45, 7) is 0. The maximum atomic E-state index is 8.93. The quantitative estimate of drug-likeness (QED) is 0.456. The van der Waals surface area contributed by atoms with Crippen LogP contribution in [0.15, 0.2) is 55.2 Å². The van der Waals surface area contributed by atoms with Gasteiger partial charge in [-0.1, -0.05) is 23.8 Å². The van der Waals surface area contributed by atoms with Crippen LogP contribution >= 0.6 is 11.6 Å². The second-order valence-corrected chi connectivity index (χ2v) is 7.13. The second kappa shape index (κ2) is 8.26. The number of halogens is 1. The normalized spacial score (nSPS) is 11.2. The van der Waals surface area contributed by atoms with E-state index in [-0.39, 0.29) is 0 Å². The summed E-state index contributed by atoms with van der Waals surface area (Å²) >= 11 is 6.48. The summed E-state index contributed by atoms with van der Waals surface area (Å²) in [5.74, 6) is 0. The van der Waals surface area contributed by atoms with Gasteiger partial charge in [-0.2, -0.15) is 5.26 Å². The molecule has 4 rings (SSSR count). The van der Waals surface area contributed by atoms with Crippen molar-refractivity contribution >= 4 is 34.7 Å². The Hall–Kier alpha value is -3.49. The topological polar surface area (TPSA) is 67.4 Å². The number of hydrogen-bond donors (Lipinski definition) is 0.